The van der Waals surface area contributed by atoms with E-state index in [4.69, 9.17) is 4.74 Å². The molecule has 3 rings (SSSR count). The van der Waals surface area contributed by atoms with Crippen LogP contribution in [-0.2, 0) is 0 Å². The van der Waals surface area contributed by atoms with E-state index in [0.29, 0.717) is 30.3 Å². The standard InChI is InChI=1S/C23H32F2O/c1-2-3-16-26-22-14-12-20(13-15-22)18-6-4-17(5-7-18)19-8-10-21(11-9-19)23(24)25/h12-15,17-19H,2-11,16H2,1H3. The first-order valence-corrected chi connectivity index (χ1v) is 10.4. The molecule has 0 unspecified atom stereocenters. The van der Waals surface area contributed by atoms with Gasteiger partial charge in [0.05, 0.1) is 6.61 Å². The number of rotatable bonds is 6. The molecule has 1 aromatic rings. The maximum atomic E-state index is 12.7. The second kappa shape index (κ2) is 9.53. The van der Waals surface area contributed by atoms with Crippen molar-refractivity contribution < 1.29 is 13.5 Å². The van der Waals surface area contributed by atoms with Crippen LogP contribution in [0.5, 0.6) is 5.75 Å². The molecule has 3 heteroatoms. The Morgan fingerprint density at radius 1 is 0.923 bits per heavy atom. The zero-order valence-corrected chi connectivity index (χ0v) is 16.0. The Morgan fingerprint density at radius 3 is 2.12 bits per heavy atom. The number of hydrogen-bond acceptors (Lipinski definition) is 1. The molecule has 0 heterocycles. The number of benzene rings is 1. The van der Waals surface area contributed by atoms with Gasteiger partial charge in [-0.25, -0.2) is 0 Å². The normalized spacial score (nSPS) is 26.6. The molecule has 1 aromatic carbocycles. The van der Waals surface area contributed by atoms with Crippen molar-refractivity contribution in [3.8, 4) is 5.75 Å². The molecule has 0 bridgehead atoms. The van der Waals surface area contributed by atoms with Crippen molar-refractivity contribution in [3.05, 3.63) is 41.5 Å². The van der Waals surface area contributed by atoms with Crippen LogP contribution in [0.2, 0.25) is 0 Å². The van der Waals surface area contributed by atoms with Crippen LogP contribution in [-0.4, -0.2) is 6.61 Å². The van der Waals surface area contributed by atoms with Gasteiger partial charge < -0.3 is 4.74 Å². The van der Waals surface area contributed by atoms with Crippen LogP contribution in [0.4, 0.5) is 8.78 Å². The van der Waals surface area contributed by atoms with Gasteiger partial charge in [0.15, 0.2) is 0 Å². The molecule has 144 valence electrons. The Kier molecular flexibility index (Phi) is 7.10. The van der Waals surface area contributed by atoms with E-state index in [-0.39, 0.29) is 0 Å². The van der Waals surface area contributed by atoms with Crippen LogP contribution in [0.15, 0.2) is 35.9 Å². The second-order valence-electron chi connectivity index (χ2n) is 8.08. The molecular formula is C23H32F2O. The Morgan fingerprint density at radius 2 is 1.54 bits per heavy atom. The molecule has 0 saturated heterocycles. The highest BCUT2D eigenvalue weighted by Gasteiger charge is 2.30. The summed E-state index contributed by atoms with van der Waals surface area (Å²) in [6.45, 7) is 2.97. The van der Waals surface area contributed by atoms with Gasteiger partial charge >= 0.3 is 0 Å². The van der Waals surface area contributed by atoms with Gasteiger partial charge in [0.1, 0.15) is 5.75 Å². The minimum absolute atomic E-state index is 0.413. The first kappa shape index (κ1) is 19.4. The number of halogens is 2. The van der Waals surface area contributed by atoms with Gasteiger partial charge in [-0.15, -0.1) is 0 Å². The predicted molar refractivity (Wildman–Crippen MR) is 103 cm³/mol. The van der Waals surface area contributed by atoms with E-state index in [9.17, 15) is 8.78 Å². The summed E-state index contributed by atoms with van der Waals surface area (Å²) in [6, 6.07) is 8.68. The largest absolute Gasteiger partial charge is 0.494 e. The van der Waals surface area contributed by atoms with E-state index < -0.39 is 6.08 Å². The maximum absolute atomic E-state index is 12.7. The number of unbranched alkanes of at least 4 members (excludes halogenated alkanes) is 1. The van der Waals surface area contributed by atoms with Crippen molar-refractivity contribution in [1.82, 2.24) is 0 Å². The quantitative estimate of drug-likeness (QED) is 0.477. The van der Waals surface area contributed by atoms with Crippen LogP contribution in [0, 0.1) is 11.8 Å². The molecule has 0 amide bonds. The third-order valence-corrected chi connectivity index (χ3v) is 6.46. The molecule has 2 aliphatic rings. The Bertz CT molecular complexity index is 571. The Labute approximate surface area is 156 Å². The number of hydrogen-bond donors (Lipinski definition) is 0. The van der Waals surface area contributed by atoms with E-state index in [1.165, 1.54) is 31.2 Å². The highest BCUT2D eigenvalue weighted by molar-refractivity contribution is 5.29. The molecule has 26 heavy (non-hydrogen) atoms. The zero-order valence-electron chi connectivity index (χ0n) is 16.0. The summed E-state index contributed by atoms with van der Waals surface area (Å²) in [6.07, 6.45) is 8.97. The zero-order chi connectivity index (χ0) is 18.4. The van der Waals surface area contributed by atoms with E-state index in [1.807, 2.05) is 0 Å². The average molecular weight is 363 g/mol. The molecule has 0 aliphatic heterocycles. The lowest BCUT2D eigenvalue weighted by Gasteiger charge is -2.36. The van der Waals surface area contributed by atoms with Crippen LogP contribution >= 0.6 is 0 Å². The summed E-state index contributed by atoms with van der Waals surface area (Å²) in [5.74, 6) is 3.03. The van der Waals surface area contributed by atoms with Crippen molar-refractivity contribution in [2.75, 3.05) is 6.61 Å². The van der Waals surface area contributed by atoms with Gasteiger partial charge in [-0.2, -0.15) is 8.78 Å². The van der Waals surface area contributed by atoms with E-state index in [0.717, 1.165) is 44.0 Å². The van der Waals surface area contributed by atoms with E-state index in [1.54, 1.807) is 0 Å². The van der Waals surface area contributed by atoms with Gasteiger partial charge in [-0.05, 0) is 98.8 Å². The molecule has 1 nitrogen and oxygen atoms in total. The highest BCUT2D eigenvalue weighted by Crippen LogP contribution is 2.44. The average Bonchev–Trinajstić information content (AvgIpc) is 2.69. The van der Waals surface area contributed by atoms with E-state index in [2.05, 4.69) is 31.2 Å². The van der Waals surface area contributed by atoms with Crippen molar-refractivity contribution in [1.29, 1.82) is 0 Å². The summed E-state index contributed by atoms with van der Waals surface area (Å²) in [5, 5.41) is 0. The lowest BCUT2D eigenvalue weighted by atomic mass is 9.69. The minimum atomic E-state index is -1.42. The lowest BCUT2D eigenvalue weighted by Crippen LogP contribution is -2.23. The molecule has 2 saturated carbocycles. The summed E-state index contributed by atoms with van der Waals surface area (Å²) >= 11 is 0. The van der Waals surface area contributed by atoms with Gasteiger partial charge in [0, 0.05) is 0 Å². The summed E-state index contributed by atoms with van der Waals surface area (Å²) in [4.78, 5) is 0. The third kappa shape index (κ3) is 5.08. The fraction of sp³-hybridized carbons (Fsp3) is 0.652. The number of ether oxygens (including phenoxy) is 1. The topological polar surface area (TPSA) is 9.23 Å². The minimum Gasteiger partial charge on any atom is -0.494 e. The maximum Gasteiger partial charge on any atom is 0.269 e. The smallest absolute Gasteiger partial charge is 0.269 e. The summed E-state index contributed by atoms with van der Waals surface area (Å²) < 4.78 is 31.2. The molecule has 0 spiro atoms. The first-order chi connectivity index (χ1) is 12.7. The van der Waals surface area contributed by atoms with Crippen LogP contribution in [0.1, 0.15) is 82.6 Å². The fourth-order valence-electron chi connectivity index (χ4n) is 4.74. The Hall–Kier alpha value is -1.38. The van der Waals surface area contributed by atoms with Crippen molar-refractivity contribution in [2.24, 2.45) is 11.8 Å². The van der Waals surface area contributed by atoms with Crippen LogP contribution in [0.25, 0.3) is 0 Å². The van der Waals surface area contributed by atoms with Crippen molar-refractivity contribution >= 4 is 0 Å². The van der Waals surface area contributed by atoms with E-state index >= 15 is 0 Å². The van der Waals surface area contributed by atoms with Gasteiger partial charge in [0.25, 0.3) is 6.08 Å². The first-order valence-electron chi connectivity index (χ1n) is 10.4. The Balaban J connectivity index is 1.46. The molecule has 2 fully saturated rings. The highest BCUT2D eigenvalue weighted by atomic mass is 19.3. The van der Waals surface area contributed by atoms with Gasteiger partial charge in [-0.1, -0.05) is 25.5 Å². The van der Waals surface area contributed by atoms with Crippen molar-refractivity contribution in [3.63, 3.8) is 0 Å². The number of allylic oxidation sites excluding steroid dienone is 1. The van der Waals surface area contributed by atoms with Gasteiger partial charge in [0.2, 0.25) is 0 Å². The molecule has 2 aliphatic carbocycles. The molecule has 0 radical (unpaired) electrons. The lowest BCUT2D eigenvalue weighted by molar-refractivity contribution is 0.197. The molecule has 0 aromatic heterocycles. The molecule has 0 N–H and O–H groups in total. The summed E-state index contributed by atoms with van der Waals surface area (Å²) in [5.41, 5.74) is 1.84. The molecular weight excluding hydrogens is 330 g/mol. The third-order valence-electron chi connectivity index (χ3n) is 6.46. The fourth-order valence-corrected chi connectivity index (χ4v) is 4.74. The summed E-state index contributed by atoms with van der Waals surface area (Å²) in [7, 11) is 0. The SMILES string of the molecule is CCCCOc1ccc(C2CCC(C3CCC(=C(F)F)CC3)CC2)cc1. The van der Waals surface area contributed by atoms with Crippen LogP contribution in [0.3, 0.4) is 0 Å². The predicted octanol–water partition coefficient (Wildman–Crippen LogP) is 7.48. The molecule has 0 atom stereocenters. The van der Waals surface area contributed by atoms with Crippen LogP contribution < -0.4 is 4.74 Å². The second-order valence-corrected chi connectivity index (χ2v) is 8.08. The van der Waals surface area contributed by atoms with Crippen molar-refractivity contribution in [2.45, 2.75) is 77.0 Å². The van der Waals surface area contributed by atoms with Gasteiger partial charge in [-0.3, -0.25) is 0 Å². The monoisotopic (exact) mass is 362 g/mol.